The normalized spacial score (nSPS) is 11.8. The van der Waals surface area contributed by atoms with Crippen LogP contribution in [0.3, 0.4) is 0 Å². The van der Waals surface area contributed by atoms with Crippen LogP contribution in [0.4, 0.5) is 8.78 Å². The van der Waals surface area contributed by atoms with Crippen molar-refractivity contribution in [3.8, 4) is 5.75 Å². The van der Waals surface area contributed by atoms with E-state index in [4.69, 9.17) is 4.74 Å². The van der Waals surface area contributed by atoms with Gasteiger partial charge in [0, 0.05) is 0 Å². The molecule has 1 aromatic rings. The summed E-state index contributed by atoms with van der Waals surface area (Å²) in [5.74, 6) is -2.46. The molecule has 6 heteroatoms. The topological polar surface area (TPSA) is 34.1 Å². The zero-order valence-corrected chi connectivity index (χ0v) is 11.3. The molecule has 0 amide bonds. The van der Waals surface area contributed by atoms with Crippen LogP contribution in [-0.4, -0.2) is 29.0 Å². The predicted octanol–water partition coefficient (Wildman–Crippen LogP) is -1.37. The van der Waals surface area contributed by atoms with E-state index in [1.807, 2.05) is 11.9 Å². The number of aryl methyl sites for hydroxylation is 1. The fourth-order valence-corrected chi connectivity index (χ4v) is 1.88. The van der Waals surface area contributed by atoms with Gasteiger partial charge in [0.25, 0.3) is 0 Å². The van der Waals surface area contributed by atoms with E-state index in [0.29, 0.717) is 5.75 Å². The molecular formula is C10H14F2IN2O-. The van der Waals surface area contributed by atoms with Crippen LogP contribution in [0.15, 0.2) is 18.3 Å². The van der Waals surface area contributed by atoms with E-state index in [9.17, 15) is 8.78 Å². The second-order valence-corrected chi connectivity index (χ2v) is 5.12. The predicted molar refractivity (Wildman–Crippen MR) is 53.3 cm³/mol. The summed E-state index contributed by atoms with van der Waals surface area (Å²) < 4.78 is 34.1. The average Bonchev–Trinajstić information content (AvgIpc) is 2.26. The summed E-state index contributed by atoms with van der Waals surface area (Å²) in [6.07, 6.45) is 1.45. The molecule has 0 aliphatic heterocycles. The first-order chi connectivity index (χ1) is 7.53. The Bertz CT molecular complexity index is 319. The van der Waals surface area contributed by atoms with Gasteiger partial charge >= 0.3 is 104 Å². The Morgan fingerprint density at radius 1 is 1.50 bits per heavy atom. The third-order valence-electron chi connectivity index (χ3n) is 1.79. The third-order valence-corrected chi connectivity index (χ3v) is 2.94. The Balaban J connectivity index is 2.41. The summed E-state index contributed by atoms with van der Waals surface area (Å²) in [5.41, 5.74) is 0.830. The van der Waals surface area contributed by atoms with Crippen LogP contribution in [-0.2, 0) is 0 Å². The van der Waals surface area contributed by atoms with Gasteiger partial charge in [-0.2, -0.15) is 0 Å². The molecule has 0 spiro atoms. The van der Waals surface area contributed by atoms with Crippen molar-refractivity contribution >= 4 is 0 Å². The monoisotopic (exact) mass is 343 g/mol. The van der Waals surface area contributed by atoms with Crippen molar-refractivity contribution < 1.29 is 35.0 Å². The van der Waals surface area contributed by atoms with Crippen LogP contribution in [0.1, 0.15) is 5.69 Å². The quantitative estimate of drug-likeness (QED) is 0.393. The summed E-state index contributed by atoms with van der Waals surface area (Å²) in [7, 11) is 0. The third kappa shape index (κ3) is 5.02. The summed E-state index contributed by atoms with van der Waals surface area (Å²) in [6.45, 7) is 0.887. The first kappa shape index (κ1) is 13.6. The molecular weight excluding hydrogens is 329 g/mol. The number of hydrogen-bond donors (Lipinski definition) is 1. The van der Waals surface area contributed by atoms with Crippen molar-refractivity contribution in [3.05, 3.63) is 24.0 Å². The maximum absolute atomic E-state index is 13.2. The number of hydrogen-bond acceptors (Lipinski definition) is 3. The van der Waals surface area contributed by atoms with Gasteiger partial charge in [-0.15, -0.1) is 0 Å². The van der Waals surface area contributed by atoms with Gasteiger partial charge in [0.2, 0.25) is 0 Å². The minimum absolute atomic E-state index is 0.323. The van der Waals surface area contributed by atoms with Gasteiger partial charge < -0.3 is 0 Å². The fourth-order valence-electron chi connectivity index (χ4n) is 0.944. The van der Waals surface area contributed by atoms with Crippen molar-refractivity contribution in [1.29, 1.82) is 0 Å². The molecule has 1 N–H and O–H groups in total. The SMILES string of the molecule is C[I-]NCC(F)(F)COc1ccc(C)nc1. The van der Waals surface area contributed by atoms with E-state index in [-0.39, 0.29) is 28.0 Å². The van der Waals surface area contributed by atoms with Crippen LogP contribution in [0, 0.1) is 6.92 Å². The van der Waals surface area contributed by atoms with Crippen LogP contribution < -0.4 is 29.7 Å². The molecule has 16 heavy (non-hydrogen) atoms. The van der Waals surface area contributed by atoms with Gasteiger partial charge in [0.1, 0.15) is 0 Å². The zero-order chi connectivity index (χ0) is 12.0. The summed E-state index contributed by atoms with van der Waals surface area (Å²) in [6, 6.07) is 3.36. The number of aromatic nitrogens is 1. The van der Waals surface area contributed by atoms with E-state index >= 15 is 0 Å². The molecule has 0 aliphatic carbocycles. The van der Waals surface area contributed by atoms with Crippen LogP contribution in [0.5, 0.6) is 5.75 Å². The molecule has 1 aromatic heterocycles. The molecule has 0 atom stereocenters. The van der Waals surface area contributed by atoms with Gasteiger partial charge in [-0.05, 0) is 0 Å². The van der Waals surface area contributed by atoms with Crippen LogP contribution in [0.2, 0.25) is 0 Å². The maximum atomic E-state index is 13.2. The van der Waals surface area contributed by atoms with Crippen LogP contribution in [0.25, 0.3) is 0 Å². The number of alkyl halides is 3. The molecule has 0 saturated heterocycles. The molecule has 0 saturated carbocycles. The minimum atomic E-state index is -2.83. The van der Waals surface area contributed by atoms with Crippen molar-refractivity contribution in [2.45, 2.75) is 12.8 Å². The summed E-state index contributed by atoms with van der Waals surface area (Å²) in [4.78, 5) is 5.85. The van der Waals surface area contributed by atoms with E-state index in [1.54, 1.807) is 12.1 Å². The molecule has 0 fully saturated rings. The molecule has 92 valence electrons. The number of nitrogens with zero attached hydrogens (tertiary/aromatic N) is 1. The van der Waals surface area contributed by atoms with Gasteiger partial charge in [0.05, 0.1) is 0 Å². The van der Waals surface area contributed by atoms with E-state index in [1.165, 1.54) is 6.20 Å². The molecule has 3 nitrogen and oxygen atoms in total. The number of halogens is 3. The second kappa shape index (κ2) is 6.29. The van der Waals surface area contributed by atoms with Crippen molar-refractivity contribution in [2.75, 3.05) is 18.1 Å². The first-order valence-electron chi connectivity index (χ1n) is 4.68. The second-order valence-electron chi connectivity index (χ2n) is 3.28. The molecule has 1 heterocycles. The Morgan fingerprint density at radius 3 is 2.81 bits per heavy atom. The summed E-state index contributed by atoms with van der Waals surface area (Å²) >= 11 is -0.327. The Hall–Kier alpha value is -0.500. The van der Waals surface area contributed by atoms with Crippen molar-refractivity contribution in [1.82, 2.24) is 8.51 Å². The van der Waals surface area contributed by atoms with Gasteiger partial charge in [0.15, 0.2) is 0 Å². The van der Waals surface area contributed by atoms with Gasteiger partial charge in [-0.1, -0.05) is 0 Å². The number of ether oxygens (including phenoxy) is 1. The summed E-state index contributed by atoms with van der Waals surface area (Å²) in [5, 5.41) is 0. The molecule has 0 unspecified atom stereocenters. The first-order valence-corrected chi connectivity index (χ1v) is 7.92. The number of rotatable bonds is 6. The van der Waals surface area contributed by atoms with E-state index < -0.39 is 12.5 Å². The molecule has 0 aromatic carbocycles. The van der Waals surface area contributed by atoms with Crippen molar-refractivity contribution in [3.63, 3.8) is 0 Å². The molecule has 1 rings (SSSR count). The zero-order valence-electron chi connectivity index (χ0n) is 9.14. The molecule has 0 bridgehead atoms. The Kier molecular flexibility index (Phi) is 5.33. The fraction of sp³-hybridized carbons (Fsp3) is 0.500. The number of pyridine rings is 1. The van der Waals surface area contributed by atoms with E-state index in [2.05, 4.69) is 8.51 Å². The van der Waals surface area contributed by atoms with Gasteiger partial charge in [-0.3, -0.25) is 0 Å². The number of nitrogens with one attached hydrogen (secondary N) is 1. The van der Waals surface area contributed by atoms with Crippen molar-refractivity contribution in [2.24, 2.45) is 0 Å². The average molecular weight is 343 g/mol. The van der Waals surface area contributed by atoms with Gasteiger partial charge in [-0.25, -0.2) is 0 Å². The molecule has 0 radical (unpaired) electrons. The Morgan fingerprint density at radius 2 is 2.25 bits per heavy atom. The molecule has 0 aliphatic rings. The standard InChI is InChI=1S/C10H14F2IN2O/c1-8-3-4-9(5-14-8)16-7-10(11,12)6-15-13-2/h3-5,15H,6-7H2,1-2H3/q-1. The van der Waals surface area contributed by atoms with Crippen LogP contribution >= 0.6 is 0 Å². The Labute approximate surface area is 104 Å². The van der Waals surface area contributed by atoms with E-state index in [0.717, 1.165) is 5.69 Å².